The Labute approximate surface area is 175 Å². The molecule has 6 nitrogen and oxygen atoms in total. The van der Waals surface area contributed by atoms with Crippen LogP contribution in [0, 0.1) is 20.8 Å². The molecule has 0 aliphatic rings. The number of methoxy groups -OCH3 is 2. The molecule has 0 saturated heterocycles. The molecule has 0 unspecified atom stereocenters. The van der Waals surface area contributed by atoms with Crippen molar-refractivity contribution in [3.05, 3.63) is 59.4 Å². The zero-order valence-electron chi connectivity index (χ0n) is 17.3. The van der Waals surface area contributed by atoms with Crippen LogP contribution in [0.2, 0.25) is 0 Å². The lowest BCUT2D eigenvalue weighted by Gasteiger charge is -2.14. The van der Waals surface area contributed by atoms with Gasteiger partial charge in [0.2, 0.25) is 5.91 Å². The molecular weight excluding hydrogens is 386 g/mol. The normalized spacial score (nSPS) is 10.7. The van der Waals surface area contributed by atoms with Gasteiger partial charge < -0.3 is 14.8 Å². The summed E-state index contributed by atoms with van der Waals surface area (Å²) in [5.41, 5.74) is 5.01. The molecule has 29 heavy (non-hydrogen) atoms. The van der Waals surface area contributed by atoms with Crippen molar-refractivity contribution >= 4 is 23.4 Å². The monoisotopic (exact) mass is 411 g/mol. The summed E-state index contributed by atoms with van der Waals surface area (Å²) < 4.78 is 12.6. The lowest BCUT2D eigenvalue weighted by Crippen LogP contribution is -2.16. The van der Waals surface area contributed by atoms with Gasteiger partial charge in [-0.25, -0.2) is 4.98 Å². The zero-order valence-corrected chi connectivity index (χ0v) is 18.1. The highest BCUT2D eigenvalue weighted by Gasteiger charge is 2.14. The van der Waals surface area contributed by atoms with Crippen LogP contribution in [0.1, 0.15) is 16.7 Å². The van der Waals surface area contributed by atoms with Gasteiger partial charge in [-0.15, -0.1) is 0 Å². The van der Waals surface area contributed by atoms with E-state index in [0.717, 1.165) is 22.5 Å². The number of carbonyl (C=O) groups is 1. The highest BCUT2D eigenvalue weighted by Crippen LogP contribution is 2.31. The minimum absolute atomic E-state index is 0.0682. The molecule has 0 radical (unpaired) electrons. The maximum Gasteiger partial charge on any atom is 0.234 e. The summed E-state index contributed by atoms with van der Waals surface area (Å²) in [7, 11) is 3.23. The Balaban J connectivity index is 1.74. The van der Waals surface area contributed by atoms with Crippen LogP contribution in [0.3, 0.4) is 0 Å². The van der Waals surface area contributed by atoms with Gasteiger partial charge in [0.1, 0.15) is 11.5 Å². The maximum atomic E-state index is 12.5. The number of imidazole rings is 1. The molecule has 3 rings (SSSR count). The van der Waals surface area contributed by atoms with E-state index in [4.69, 9.17) is 9.47 Å². The highest BCUT2D eigenvalue weighted by atomic mass is 32.2. The predicted octanol–water partition coefficient (Wildman–Crippen LogP) is 4.55. The Morgan fingerprint density at radius 1 is 1.10 bits per heavy atom. The lowest BCUT2D eigenvalue weighted by atomic mass is 10.1. The summed E-state index contributed by atoms with van der Waals surface area (Å²) in [6.07, 6.45) is 3.55. The molecule has 1 aromatic heterocycles. The lowest BCUT2D eigenvalue weighted by molar-refractivity contribution is -0.113. The van der Waals surface area contributed by atoms with Crippen LogP contribution in [0.25, 0.3) is 5.69 Å². The number of anilines is 1. The summed E-state index contributed by atoms with van der Waals surface area (Å²) in [4.78, 5) is 16.9. The fourth-order valence-electron chi connectivity index (χ4n) is 3.25. The number of ether oxygens (including phenoxy) is 2. The first kappa shape index (κ1) is 20.8. The summed E-state index contributed by atoms with van der Waals surface area (Å²) in [6, 6.07) is 9.72. The molecule has 0 fully saturated rings. The number of aryl methyl sites for hydroxylation is 3. The number of nitrogens with zero attached hydrogens (tertiary/aromatic N) is 2. The van der Waals surface area contributed by atoms with Crippen LogP contribution in [0.4, 0.5) is 5.69 Å². The number of rotatable bonds is 7. The number of nitrogens with one attached hydrogen (secondary N) is 1. The summed E-state index contributed by atoms with van der Waals surface area (Å²) in [5.74, 6) is 1.56. The second-order valence-corrected chi connectivity index (χ2v) is 7.67. The smallest absolute Gasteiger partial charge is 0.234 e. The molecule has 1 heterocycles. The zero-order chi connectivity index (χ0) is 21.0. The van der Waals surface area contributed by atoms with E-state index < -0.39 is 0 Å². The van der Waals surface area contributed by atoms with E-state index in [1.54, 1.807) is 20.4 Å². The molecule has 7 heteroatoms. The molecule has 152 valence electrons. The van der Waals surface area contributed by atoms with E-state index in [2.05, 4.69) is 29.4 Å². The van der Waals surface area contributed by atoms with Crippen molar-refractivity contribution < 1.29 is 14.3 Å². The van der Waals surface area contributed by atoms with Crippen molar-refractivity contribution in [3.8, 4) is 17.2 Å². The summed E-state index contributed by atoms with van der Waals surface area (Å²) in [5, 5.41) is 3.74. The van der Waals surface area contributed by atoms with E-state index in [0.29, 0.717) is 16.7 Å². The standard InChI is InChI=1S/C22H25N3O3S/c1-14-10-15(2)21(16(3)11-14)24-20(26)13-29-22-23-8-9-25(22)18-7-6-17(27-4)12-19(18)28-5/h6-12H,13H2,1-5H3,(H,24,26). The molecule has 0 aliphatic carbocycles. The quantitative estimate of drug-likeness (QED) is 0.578. The van der Waals surface area contributed by atoms with Crippen molar-refractivity contribution in [1.82, 2.24) is 9.55 Å². The van der Waals surface area contributed by atoms with E-state index in [-0.39, 0.29) is 11.7 Å². The van der Waals surface area contributed by atoms with Crippen LogP contribution in [0.5, 0.6) is 11.5 Å². The van der Waals surface area contributed by atoms with Crippen molar-refractivity contribution in [1.29, 1.82) is 0 Å². The van der Waals surface area contributed by atoms with Gasteiger partial charge in [-0.05, 0) is 44.0 Å². The van der Waals surface area contributed by atoms with Gasteiger partial charge in [0.05, 0.1) is 25.7 Å². The van der Waals surface area contributed by atoms with E-state index in [9.17, 15) is 4.79 Å². The fraction of sp³-hybridized carbons (Fsp3) is 0.273. The number of aromatic nitrogens is 2. The van der Waals surface area contributed by atoms with Gasteiger partial charge in [0, 0.05) is 24.1 Å². The van der Waals surface area contributed by atoms with Crippen molar-refractivity contribution in [2.75, 3.05) is 25.3 Å². The maximum absolute atomic E-state index is 12.5. The molecule has 0 aliphatic heterocycles. The van der Waals surface area contributed by atoms with Gasteiger partial charge >= 0.3 is 0 Å². The number of carbonyl (C=O) groups excluding carboxylic acids is 1. The number of benzene rings is 2. The number of hydrogen-bond acceptors (Lipinski definition) is 5. The number of hydrogen-bond donors (Lipinski definition) is 1. The van der Waals surface area contributed by atoms with E-state index >= 15 is 0 Å². The van der Waals surface area contributed by atoms with Gasteiger partial charge in [-0.2, -0.15) is 0 Å². The van der Waals surface area contributed by atoms with E-state index in [1.165, 1.54) is 17.3 Å². The Morgan fingerprint density at radius 3 is 2.48 bits per heavy atom. The SMILES string of the molecule is COc1ccc(-n2ccnc2SCC(=O)Nc2c(C)cc(C)cc2C)c(OC)c1. The predicted molar refractivity (Wildman–Crippen MR) is 117 cm³/mol. The van der Waals surface area contributed by atoms with Crippen LogP contribution in [-0.2, 0) is 4.79 Å². The topological polar surface area (TPSA) is 65.4 Å². The molecular formula is C22H25N3O3S. The van der Waals surface area contributed by atoms with Crippen LogP contribution < -0.4 is 14.8 Å². The minimum Gasteiger partial charge on any atom is -0.497 e. The average Bonchev–Trinajstić information content (AvgIpc) is 3.16. The molecule has 0 bridgehead atoms. The molecule has 3 aromatic rings. The van der Waals surface area contributed by atoms with Crippen molar-refractivity contribution in [3.63, 3.8) is 0 Å². The van der Waals surface area contributed by atoms with E-state index in [1.807, 2.05) is 42.8 Å². The first-order valence-electron chi connectivity index (χ1n) is 9.19. The first-order chi connectivity index (χ1) is 13.9. The van der Waals surface area contributed by atoms with Crippen molar-refractivity contribution in [2.45, 2.75) is 25.9 Å². The fourth-order valence-corrected chi connectivity index (χ4v) is 4.01. The minimum atomic E-state index is -0.0682. The molecule has 1 N–H and O–H groups in total. The largest absolute Gasteiger partial charge is 0.497 e. The van der Waals surface area contributed by atoms with Gasteiger partial charge in [0.15, 0.2) is 5.16 Å². The molecule has 2 aromatic carbocycles. The van der Waals surface area contributed by atoms with Gasteiger partial charge in [0.25, 0.3) is 0 Å². The third-order valence-corrected chi connectivity index (χ3v) is 5.49. The van der Waals surface area contributed by atoms with Crippen molar-refractivity contribution in [2.24, 2.45) is 0 Å². The third-order valence-electron chi connectivity index (χ3n) is 4.53. The molecule has 0 saturated carbocycles. The first-order valence-corrected chi connectivity index (χ1v) is 10.2. The van der Waals surface area contributed by atoms with Gasteiger partial charge in [-0.3, -0.25) is 9.36 Å². The number of amides is 1. The second-order valence-electron chi connectivity index (χ2n) is 6.73. The molecule has 1 amide bonds. The summed E-state index contributed by atoms with van der Waals surface area (Å²) >= 11 is 1.37. The Morgan fingerprint density at radius 2 is 1.83 bits per heavy atom. The van der Waals surface area contributed by atoms with Crippen LogP contribution >= 0.6 is 11.8 Å². The Hall–Kier alpha value is -2.93. The van der Waals surface area contributed by atoms with Crippen LogP contribution in [0.15, 0.2) is 47.9 Å². The molecule has 0 atom stereocenters. The second kappa shape index (κ2) is 9.05. The molecule has 0 spiro atoms. The Bertz CT molecular complexity index is 1010. The van der Waals surface area contributed by atoms with Crippen LogP contribution in [-0.4, -0.2) is 35.4 Å². The summed E-state index contributed by atoms with van der Waals surface area (Å²) in [6.45, 7) is 6.06. The third kappa shape index (κ3) is 4.74. The van der Waals surface area contributed by atoms with Gasteiger partial charge in [-0.1, -0.05) is 29.5 Å². The average molecular weight is 412 g/mol. The number of thioether (sulfide) groups is 1. The highest BCUT2D eigenvalue weighted by molar-refractivity contribution is 7.99. The Kier molecular flexibility index (Phi) is 6.49.